The minimum atomic E-state index is 0.910. The van der Waals surface area contributed by atoms with Crippen LogP contribution in [-0.2, 0) is 0 Å². The van der Waals surface area contributed by atoms with E-state index >= 15 is 0 Å². The molecule has 0 radical (unpaired) electrons. The molecule has 0 atom stereocenters. The monoisotopic (exact) mass is 712 g/mol. The Kier molecular flexibility index (Phi) is 6.60. The zero-order valence-electron chi connectivity index (χ0n) is 30.3. The maximum atomic E-state index is 5.29. The average Bonchev–Trinajstić information content (AvgIpc) is 3.79. The first-order valence-electron chi connectivity index (χ1n) is 19.1. The van der Waals surface area contributed by atoms with E-state index in [1.807, 2.05) is 6.20 Å². The summed E-state index contributed by atoms with van der Waals surface area (Å²) in [6.45, 7) is 0. The summed E-state index contributed by atoms with van der Waals surface area (Å²) in [7, 11) is 0. The summed E-state index contributed by atoms with van der Waals surface area (Å²) in [5.41, 5.74) is 9.81. The average molecular weight is 713 g/mol. The van der Waals surface area contributed by atoms with Gasteiger partial charge in [0.25, 0.3) is 0 Å². The van der Waals surface area contributed by atoms with E-state index in [0.29, 0.717) is 0 Å². The Balaban J connectivity index is 0.964. The van der Waals surface area contributed by atoms with Crippen molar-refractivity contribution in [3.8, 4) is 34.0 Å². The number of para-hydroxylation sites is 4. The highest BCUT2D eigenvalue weighted by molar-refractivity contribution is 6.26. The highest BCUT2D eigenvalue weighted by atomic mass is 15.1. The molecule has 0 amide bonds. The quantitative estimate of drug-likeness (QED) is 0.170. The lowest BCUT2D eigenvalue weighted by Crippen LogP contribution is -1.98. The summed E-state index contributed by atoms with van der Waals surface area (Å²) < 4.78 is 4.59. The fraction of sp³-hybridized carbons (Fsp3) is 0. The van der Waals surface area contributed by atoms with Crippen molar-refractivity contribution < 1.29 is 0 Å². The normalized spacial score (nSPS) is 11.9. The van der Waals surface area contributed by atoms with Gasteiger partial charge in [-0.2, -0.15) is 0 Å². The van der Waals surface area contributed by atoms with Gasteiger partial charge in [0.2, 0.25) is 0 Å². The fourth-order valence-electron chi connectivity index (χ4n) is 9.04. The van der Waals surface area contributed by atoms with E-state index in [-0.39, 0.29) is 0 Å². The van der Waals surface area contributed by atoms with Crippen LogP contribution >= 0.6 is 0 Å². The Bertz CT molecular complexity index is 3410. The molecule has 12 aromatic rings. The maximum Gasteiger partial charge on any atom is 0.138 e. The van der Waals surface area contributed by atoms with Gasteiger partial charge < -0.3 is 4.57 Å². The van der Waals surface area contributed by atoms with Gasteiger partial charge in [0.15, 0.2) is 0 Å². The molecule has 0 aliphatic heterocycles. The lowest BCUT2D eigenvalue weighted by Gasteiger charge is -2.14. The van der Waals surface area contributed by atoms with E-state index in [9.17, 15) is 0 Å². The molecule has 0 bridgehead atoms. The zero-order valence-corrected chi connectivity index (χ0v) is 30.3. The van der Waals surface area contributed by atoms with Gasteiger partial charge in [0.05, 0.1) is 45.3 Å². The van der Waals surface area contributed by atoms with Crippen molar-refractivity contribution in [3.05, 3.63) is 194 Å². The lowest BCUT2D eigenvalue weighted by atomic mass is 9.91. The molecule has 0 aliphatic carbocycles. The van der Waals surface area contributed by atoms with Gasteiger partial charge >= 0.3 is 0 Å². The molecular weight excluding hydrogens is 681 g/mol. The molecule has 0 fully saturated rings. The SMILES string of the molecule is c1cc(-c2ccc3c4ccc(-c5ccc(-n6c7ccccc7c7ccccc76)cn5)cc4c4ccccc4c3c2)nc(-n2c3ccccc3c3ccccc32)c1. The van der Waals surface area contributed by atoms with Crippen LogP contribution in [0.25, 0.3) is 110 Å². The molecule has 4 heterocycles. The second-order valence-electron chi connectivity index (χ2n) is 14.6. The number of fused-ring (bicyclic) bond motifs is 12. The Morgan fingerprint density at radius 1 is 0.304 bits per heavy atom. The number of aromatic nitrogens is 4. The van der Waals surface area contributed by atoms with Crippen molar-refractivity contribution in [1.82, 2.24) is 19.1 Å². The van der Waals surface area contributed by atoms with Crippen LogP contribution in [0, 0.1) is 0 Å². The summed E-state index contributed by atoms with van der Waals surface area (Å²) in [6.07, 6.45) is 2.00. The molecule has 8 aromatic carbocycles. The van der Waals surface area contributed by atoms with Crippen molar-refractivity contribution in [2.75, 3.05) is 0 Å². The van der Waals surface area contributed by atoms with E-state index in [2.05, 4.69) is 197 Å². The van der Waals surface area contributed by atoms with E-state index < -0.39 is 0 Å². The number of hydrogen-bond acceptors (Lipinski definition) is 2. The molecule has 56 heavy (non-hydrogen) atoms. The minimum Gasteiger partial charge on any atom is -0.308 e. The largest absolute Gasteiger partial charge is 0.308 e. The Morgan fingerprint density at radius 3 is 1.25 bits per heavy atom. The van der Waals surface area contributed by atoms with Crippen LogP contribution in [0.3, 0.4) is 0 Å². The smallest absolute Gasteiger partial charge is 0.138 e. The Hall–Kier alpha value is -7.56. The lowest BCUT2D eigenvalue weighted by molar-refractivity contribution is 1.08. The van der Waals surface area contributed by atoms with Gasteiger partial charge in [-0.05, 0) is 93.0 Å². The third-order valence-corrected chi connectivity index (χ3v) is 11.6. The van der Waals surface area contributed by atoms with Crippen LogP contribution in [0.5, 0.6) is 0 Å². The first-order chi connectivity index (χ1) is 27.8. The predicted octanol–water partition coefficient (Wildman–Crippen LogP) is 13.5. The fourth-order valence-corrected chi connectivity index (χ4v) is 9.04. The second kappa shape index (κ2) is 12.0. The van der Waals surface area contributed by atoms with E-state index in [4.69, 9.17) is 9.97 Å². The number of nitrogens with zero attached hydrogens (tertiary/aromatic N) is 4. The van der Waals surface area contributed by atoms with Crippen LogP contribution in [0.1, 0.15) is 0 Å². The van der Waals surface area contributed by atoms with Crippen molar-refractivity contribution in [2.24, 2.45) is 0 Å². The molecule has 0 aliphatic rings. The Labute approximate surface area is 322 Å². The molecule has 12 rings (SSSR count). The highest BCUT2D eigenvalue weighted by Crippen LogP contribution is 2.40. The molecule has 260 valence electrons. The molecular formula is C52H32N4. The number of pyridine rings is 2. The number of benzene rings is 8. The Morgan fingerprint density at radius 2 is 0.750 bits per heavy atom. The molecule has 0 N–H and O–H groups in total. The summed E-state index contributed by atoms with van der Waals surface area (Å²) in [5, 5.41) is 12.3. The molecule has 4 heteroatoms. The predicted molar refractivity (Wildman–Crippen MR) is 234 cm³/mol. The van der Waals surface area contributed by atoms with Crippen LogP contribution in [0.15, 0.2) is 194 Å². The molecule has 4 aromatic heterocycles. The van der Waals surface area contributed by atoms with Crippen molar-refractivity contribution in [2.45, 2.75) is 0 Å². The first-order valence-corrected chi connectivity index (χ1v) is 19.1. The van der Waals surface area contributed by atoms with Crippen LogP contribution in [0.2, 0.25) is 0 Å². The van der Waals surface area contributed by atoms with Gasteiger partial charge in [-0.1, -0.05) is 127 Å². The molecule has 0 saturated heterocycles. The van der Waals surface area contributed by atoms with Crippen molar-refractivity contribution in [1.29, 1.82) is 0 Å². The molecule has 4 nitrogen and oxygen atoms in total. The number of rotatable bonds is 4. The minimum absolute atomic E-state index is 0.910. The molecule has 0 saturated carbocycles. The third-order valence-electron chi connectivity index (χ3n) is 11.6. The highest BCUT2D eigenvalue weighted by Gasteiger charge is 2.16. The van der Waals surface area contributed by atoms with E-state index in [1.165, 1.54) is 64.9 Å². The van der Waals surface area contributed by atoms with Crippen molar-refractivity contribution >= 4 is 75.9 Å². The molecule has 0 unspecified atom stereocenters. The van der Waals surface area contributed by atoms with E-state index in [0.717, 1.165) is 45.1 Å². The number of hydrogen-bond donors (Lipinski definition) is 0. The van der Waals surface area contributed by atoms with Gasteiger partial charge in [0, 0.05) is 32.7 Å². The summed E-state index contributed by atoms with van der Waals surface area (Å²) >= 11 is 0. The summed E-state index contributed by atoms with van der Waals surface area (Å²) in [4.78, 5) is 10.3. The topological polar surface area (TPSA) is 35.6 Å². The molecule has 0 spiro atoms. The van der Waals surface area contributed by atoms with Crippen LogP contribution < -0.4 is 0 Å². The zero-order chi connectivity index (χ0) is 36.7. The summed E-state index contributed by atoms with van der Waals surface area (Å²) in [5.74, 6) is 0.910. The first kappa shape index (κ1) is 30.9. The standard InChI is InChI=1S/C52H32N4/c1-2-13-37-36(12-1)44-30-33(46-29-26-35(32-53-46)55-48-19-7-3-14-40(48)41-15-4-8-20-49(41)55)24-27-38(44)39-28-25-34(31-45(37)39)47-18-11-23-52(54-47)56-50-21-9-5-16-42(50)43-17-6-10-22-51(43)56/h1-32H. The van der Waals surface area contributed by atoms with Crippen LogP contribution in [0.4, 0.5) is 0 Å². The van der Waals surface area contributed by atoms with Gasteiger partial charge in [-0.3, -0.25) is 9.55 Å². The third kappa shape index (κ3) is 4.53. The van der Waals surface area contributed by atoms with Gasteiger partial charge in [-0.15, -0.1) is 0 Å². The maximum absolute atomic E-state index is 5.29. The van der Waals surface area contributed by atoms with Crippen LogP contribution in [-0.4, -0.2) is 19.1 Å². The second-order valence-corrected chi connectivity index (χ2v) is 14.6. The van der Waals surface area contributed by atoms with Crippen molar-refractivity contribution in [3.63, 3.8) is 0 Å². The van der Waals surface area contributed by atoms with Gasteiger partial charge in [-0.25, -0.2) is 4.98 Å². The van der Waals surface area contributed by atoms with E-state index in [1.54, 1.807) is 0 Å². The van der Waals surface area contributed by atoms with Gasteiger partial charge in [0.1, 0.15) is 5.82 Å². The summed E-state index contributed by atoms with van der Waals surface area (Å²) in [6, 6.07) is 67.4.